The van der Waals surface area contributed by atoms with Crippen LogP contribution >= 0.6 is 0 Å². The van der Waals surface area contributed by atoms with E-state index in [4.69, 9.17) is 14.2 Å². The van der Waals surface area contributed by atoms with Gasteiger partial charge in [-0.05, 0) is 30.2 Å². The fraction of sp³-hybridized carbons (Fsp3) is 0.440. The second kappa shape index (κ2) is 7.29. The molecule has 0 bridgehead atoms. The molecule has 31 heavy (non-hydrogen) atoms. The zero-order valence-electron chi connectivity index (χ0n) is 18.9. The number of carbonyl (C=O) groups excluding carboxylic acids is 2. The average molecular weight is 424 g/mol. The van der Waals surface area contributed by atoms with Crippen molar-refractivity contribution in [3.05, 3.63) is 53.6 Å². The summed E-state index contributed by atoms with van der Waals surface area (Å²) < 4.78 is 18.5. The first-order valence-corrected chi connectivity index (χ1v) is 10.6. The van der Waals surface area contributed by atoms with Gasteiger partial charge in [0.1, 0.15) is 6.61 Å². The summed E-state index contributed by atoms with van der Waals surface area (Å²) in [4.78, 5) is 27.2. The monoisotopic (exact) mass is 423 g/mol. The van der Waals surface area contributed by atoms with Crippen LogP contribution in [0, 0.1) is 11.3 Å². The molecule has 0 saturated carbocycles. The summed E-state index contributed by atoms with van der Waals surface area (Å²) in [7, 11) is 0. The molecule has 0 aliphatic carbocycles. The SMILES string of the molecule is CC(C)[C@@H](COc1cccc2c1O[C@@](C)(C(C)(C)C)O2)N1C(=O)c2ccccc2C1=O. The first-order valence-electron chi connectivity index (χ1n) is 10.6. The molecule has 2 atom stereocenters. The van der Waals surface area contributed by atoms with E-state index in [1.165, 1.54) is 4.90 Å². The first kappa shape index (κ1) is 21.2. The van der Waals surface area contributed by atoms with Crippen LogP contribution in [-0.2, 0) is 0 Å². The molecule has 0 spiro atoms. The normalized spacial score (nSPS) is 20.9. The summed E-state index contributed by atoms with van der Waals surface area (Å²) >= 11 is 0. The number of benzene rings is 2. The van der Waals surface area contributed by atoms with Crippen molar-refractivity contribution >= 4 is 11.8 Å². The van der Waals surface area contributed by atoms with Gasteiger partial charge >= 0.3 is 0 Å². The molecule has 0 aromatic heterocycles. The van der Waals surface area contributed by atoms with Crippen molar-refractivity contribution in [1.82, 2.24) is 4.90 Å². The van der Waals surface area contributed by atoms with Gasteiger partial charge in [-0.1, -0.05) is 52.8 Å². The molecule has 2 aliphatic rings. The Morgan fingerprint density at radius 1 is 0.968 bits per heavy atom. The van der Waals surface area contributed by atoms with Crippen LogP contribution in [0.25, 0.3) is 0 Å². The van der Waals surface area contributed by atoms with E-state index in [0.717, 1.165) is 0 Å². The fourth-order valence-corrected chi connectivity index (χ4v) is 3.77. The number of carbonyl (C=O) groups is 2. The van der Waals surface area contributed by atoms with Gasteiger partial charge in [0, 0.05) is 12.3 Å². The molecule has 4 rings (SSSR count). The summed E-state index contributed by atoms with van der Waals surface area (Å²) in [6.07, 6.45) is 0. The number of para-hydroxylation sites is 1. The smallest absolute Gasteiger partial charge is 0.261 e. The molecule has 2 aromatic carbocycles. The molecular formula is C25H29NO5. The Labute approximate surface area is 183 Å². The standard InChI is InChI=1S/C25H29NO5/c1-15(2)18(26-22(27)16-10-7-8-11-17(16)23(26)28)14-29-19-12-9-13-20-21(19)31-25(6,30-20)24(3,4)5/h7-13,15,18H,14H2,1-6H3/t18-,25+/m1/s1. The molecular weight excluding hydrogens is 394 g/mol. The molecule has 2 aromatic rings. The molecule has 2 amide bonds. The Kier molecular flexibility index (Phi) is 4.99. The summed E-state index contributed by atoms with van der Waals surface area (Å²) in [6.45, 7) is 12.2. The van der Waals surface area contributed by atoms with E-state index >= 15 is 0 Å². The lowest BCUT2D eigenvalue weighted by Gasteiger charge is -2.35. The molecule has 0 radical (unpaired) electrons. The van der Waals surface area contributed by atoms with Crippen LogP contribution in [0.3, 0.4) is 0 Å². The van der Waals surface area contributed by atoms with E-state index in [9.17, 15) is 9.59 Å². The third kappa shape index (κ3) is 3.44. The quantitative estimate of drug-likeness (QED) is 0.639. The van der Waals surface area contributed by atoms with Crippen LogP contribution < -0.4 is 14.2 Å². The second-order valence-corrected chi connectivity index (χ2v) is 9.63. The van der Waals surface area contributed by atoms with Crippen molar-refractivity contribution < 1.29 is 23.8 Å². The fourth-order valence-electron chi connectivity index (χ4n) is 3.77. The Bertz CT molecular complexity index is 1000. The van der Waals surface area contributed by atoms with E-state index in [-0.39, 0.29) is 29.8 Å². The maximum absolute atomic E-state index is 13.0. The molecule has 2 heterocycles. The van der Waals surface area contributed by atoms with Gasteiger partial charge in [-0.2, -0.15) is 0 Å². The lowest BCUT2D eigenvalue weighted by atomic mass is 9.87. The van der Waals surface area contributed by atoms with Crippen LogP contribution in [0.2, 0.25) is 0 Å². The van der Waals surface area contributed by atoms with Crippen molar-refractivity contribution in [2.24, 2.45) is 11.3 Å². The summed E-state index contributed by atoms with van der Waals surface area (Å²) in [6, 6.07) is 12.0. The largest absolute Gasteiger partial charge is 0.487 e. The lowest BCUT2D eigenvalue weighted by Crippen LogP contribution is -2.47. The van der Waals surface area contributed by atoms with E-state index < -0.39 is 11.8 Å². The summed E-state index contributed by atoms with van der Waals surface area (Å²) in [5, 5.41) is 0. The molecule has 0 N–H and O–H groups in total. The predicted molar refractivity (Wildman–Crippen MR) is 117 cm³/mol. The number of ether oxygens (including phenoxy) is 3. The molecule has 0 saturated heterocycles. The summed E-state index contributed by atoms with van der Waals surface area (Å²) in [5.74, 6) is 0.335. The van der Waals surface area contributed by atoms with Crippen LogP contribution in [-0.4, -0.2) is 35.2 Å². The maximum Gasteiger partial charge on any atom is 0.261 e. The minimum Gasteiger partial charge on any atom is -0.487 e. The molecule has 0 unspecified atom stereocenters. The van der Waals surface area contributed by atoms with Crippen molar-refractivity contribution in [2.75, 3.05) is 6.61 Å². The van der Waals surface area contributed by atoms with Crippen LogP contribution in [0.5, 0.6) is 17.2 Å². The van der Waals surface area contributed by atoms with Gasteiger partial charge in [0.2, 0.25) is 5.75 Å². The van der Waals surface area contributed by atoms with E-state index in [2.05, 4.69) is 20.8 Å². The third-order valence-corrected chi connectivity index (χ3v) is 6.24. The maximum atomic E-state index is 13.0. The molecule has 164 valence electrons. The highest BCUT2D eigenvalue weighted by Crippen LogP contribution is 2.50. The number of hydrogen-bond donors (Lipinski definition) is 0. The van der Waals surface area contributed by atoms with Gasteiger partial charge in [-0.25, -0.2) is 0 Å². The molecule has 6 nitrogen and oxygen atoms in total. The molecule has 2 aliphatic heterocycles. The zero-order valence-corrected chi connectivity index (χ0v) is 18.9. The average Bonchev–Trinajstić information content (AvgIpc) is 3.19. The highest BCUT2D eigenvalue weighted by Gasteiger charge is 2.48. The highest BCUT2D eigenvalue weighted by molar-refractivity contribution is 6.21. The molecule has 0 fully saturated rings. The van der Waals surface area contributed by atoms with Crippen molar-refractivity contribution in [1.29, 1.82) is 0 Å². The van der Waals surface area contributed by atoms with E-state index in [1.54, 1.807) is 24.3 Å². The summed E-state index contributed by atoms with van der Waals surface area (Å²) in [5.41, 5.74) is 0.622. The Hall–Kier alpha value is -3.02. The third-order valence-electron chi connectivity index (χ3n) is 6.24. The number of imide groups is 1. The van der Waals surface area contributed by atoms with Crippen molar-refractivity contribution in [2.45, 2.75) is 53.4 Å². The van der Waals surface area contributed by atoms with Crippen molar-refractivity contribution in [3.8, 4) is 17.2 Å². The van der Waals surface area contributed by atoms with Crippen molar-refractivity contribution in [3.63, 3.8) is 0 Å². The number of hydrogen-bond acceptors (Lipinski definition) is 5. The predicted octanol–water partition coefficient (Wildman–Crippen LogP) is 4.92. The van der Waals surface area contributed by atoms with Crippen LogP contribution in [0.4, 0.5) is 0 Å². The van der Waals surface area contributed by atoms with Gasteiger partial charge in [-0.3, -0.25) is 14.5 Å². The number of fused-ring (bicyclic) bond motifs is 2. The van der Waals surface area contributed by atoms with Gasteiger partial charge in [0.05, 0.1) is 17.2 Å². The number of rotatable bonds is 5. The molecule has 6 heteroatoms. The lowest BCUT2D eigenvalue weighted by molar-refractivity contribution is -0.143. The second-order valence-electron chi connectivity index (χ2n) is 9.63. The zero-order chi connectivity index (χ0) is 22.6. The number of amides is 2. The van der Waals surface area contributed by atoms with E-state index in [0.29, 0.717) is 28.4 Å². The topological polar surface area (TPSA) is 65.1 Å². The Morgan fingerprint density at radius 2 is 1.58 bits per heavy atom. The number of nitrogens with zero attached hydrogens (tertiary/aromatic N) is 1. The van der Waals surface area contributed by atoms with Gasteiger partial charge in [0.15, 0.2) is 11.5 Å². The van der Waals surface area contributed by atoms with Gasteiger partial charge in [0.25, 0.3) is 17.6 Å². The van der Waals surface area contributed by atoms with Crippen LogP contribution in [0.1, 0.15) is 62.3 Å². The van der Waals surface area contributed by atoms with Gasteiger partial charge < -0.3 is 14.2 Å². The van der Waals surface area contributed by atoms with E-state index in [1.807, 2.05) is 39.0 Å². The first-order chi connectivity index (χ1) is 14.5. The van der Waals surface area contributed by atoms with Crippen LogP contribution in [0.15, 0.2) is 42.5 Å². The Morgan fingerprint density at radius 3 is 2.13 bits per heavy atom. The van der Waals surface area contributed by atoms with Gasteiger partial charge in [-0.15, -0.1) is 0 Å². The minimum atomic E-state index is -0.825. The Balaban J connectivity index is 1.57. The minimum absolute atomic E-state index is 0.0102. The highest BCUT2D eigenvalue weighted by atomic mass is 16.7.